The molecule has 0 N–H and O–H groups in total. The van der Waals surface area contributed by atoms with Crippen LogP contribution < -0.4 is 9.47 Å². The lowest BCUT2D eigenvalue weighted by atomic mass is 9.97. The van der Waals surface area contributed by atoms with Crippen LogP contribution in [0.5, 0.6) is 11.5 Å². The Hall–Kier alpha value is -6.52. The summed E-state index contributed by atoms with van der Waals surface area (Å²) in [7, 11) is 1.62. The summed E-state index contributed by atoms with van der Waals surface area (Å²) in [6.45, 7) is 5.94. The van der Waals surface area contributed by atoms with Crippen LogP contribution in [0, 0.1) is 0 Å². The lowest BCUT2D eigenvalue weighted by Crippen LogP contribution is -2.64. The van der Waals surface area contributed by atoms with Gasteiger partial charge in [0, 0.05) is 0 Å². The van der Waals surface area contributed by atoms with E-state index in [0.717, 1.165) is 33.4 Å². The van der Waals surface area contributed by atoms with Gasteiger partial charge in [0.25, 0.3) is 0 Å². The number of benzene rings is 7. The van der Waals surface area contributed by atoms with Crippen LogP contribution in [0.3, 0.4) is 0 Å². The molecule has 76 heavy (non-hydrogen) atoms. The van der Waals surface area contributed by atoms with Gasteiger partial charge in [0.2, 0.25) is 6.29 Å². The maximum Gasteiger partial charge on any atom is 0.229 e. The second kappa shape index (κ2) is 29.1. The minimum atomic E-state index is -1.04. The minimum Gasteiger partial charge on any atom is -0.497 e. The molecule has 2 aliphatic rings. The van der Waals surface area contributed by atoms with Crippen LogP contribution in [-0.4, -0.2) is 88.3 Å². The van der Waals surface area contributed by atoms with Crippen molar-refractivity contribution in [2.75, 3.05) is 26.9 Å². The van der Waals surface area contributed by atoms with Crippen molar-refractivity contribution in [3.8, 4) is 11.5 Å². The van der Waals surface area contributed by atoms with E-state index in [-0.39, 0.29) is 52.9 Å². The van der Waals surface area contributed by atoms with Crippen molar-refractivity contribution in [1.29, 1.82) is 0 Å². The molecule has 396 valence electrons. The van der Waals surface area contributed by atoms with E-state index in [1.807, 2.05) is 206 Å². The zero-order valence-corrected chi connectivity index (χ0v) is 43.0. The molecule has 10 atom stereocenters. The summed E-state index contributed by atoms with van der Waals surface area (Å²) in [5.41, 5.74) is 5.90. The maximum atomic E-state index is 7.12. The van der Waals surface area contributed by atoms with Gasteiger partial charge in [-0.1, -0.05) is 188 Å². The minimum absolute atomic E-state index is 0.0598. The third kappa shape index (κ3) is 15.8. The molecule has 0 unspecified atom stereocenters. The Balaban J connectivity index is 1.07. The average Bonchev–Trinajstić information content (AvgIpc) is 3.48. The standard InChI is InChI=1S/C64H68O12/c1-3-38-67-59-58(69-41-49-26-14-6-15-27-49)56(76-64(74-54-36-34-53(65-2)35-37-54)62(59)72-44-52-32-20-9-21-33-52)46-73-63-61(71-43-51-30-18-8-19-31-51)60(70-42-50-28-16-7-17-29-50)57(68-40-48-24-12-5-13-25-48)55(75-63)45-66-39-47-22-10-4-11-23-47/h3-37,55-64H,1,38-46H2,2H3/t55-,56-,57-,58-,59+,60+,61+,62+,63-,64+/m1/s1. The Labute approximate surface area is 446 Å². The van der Waals surface area contributed by atoms with Crippen LogP contribution in [0.4, 0.5) is 0 Å². The fraction of sp³-hybridized carbons (Fsp3) is 0.312. The van der Waals surface area contributed by atoms with E-state index in [1.165, 1.54) is 0 Å². The Bertz CT molecular complexity index is 2690. The van der Waals surface area contributed by atoms with Crippen molar-refractivity contribution in [2.45, 2.75) is 101 Å². The van der Waals surface area contributed by atoms with Crippen molar-refractivity contribution in [3.63, 3.8) is 0 Å². The van der Waals surface area contributed by atoms with Crippen LogP contribution in [0.15, 0.2) is 219 Å². The summed E-state index contributed by atoms with van der Waals surface area (Å²) in [6.07, 6.45) is -6.37. The molecule has 0 amide bonds. The van der Waals surface area contributed by atoms with Crippen LogP contribution >= 0.6 is 0 Å². The van der Waals surface area contributed by atoms with Gasteiger partial charge in [0.1, 0.15) is 60.3 Å². The normalized spacial score (nSPS) is 23.4. The van der Waals surface area contributed by atoms with Gasteiger partial charge in [-0.15, -0.1) is 6.58 Å². The monoisotopic (exact) mass is 1030 g/mol. The van der Waals surface area contributed by atoms with Crippen molar-refractivity contribution >= 4 is 0 Å². The number of hydrogen-bond acceptors (Lipinski definition) is 12. The Kier molecular flexibility index (Phi) is 20.8. The van der Waals surface area contributed by atoms with Crippen LogP contribution in [0.25, 0.3) is 0 Å². The number of rotatable bonds is 28. The molecule has 7 aromatic rings. The quantitative estimate of drug-likeness (QED) is 0.0436. The molecule has 0 aromatic heterocycles. The van der Waals surface area contributed by atoms with E-state index >= 15 is 0 Å². The SMILES string of the molecule is C=CCO[C@@H]1[C@H](OCc2ccccc2)[C@@H](Oc2ccc(OC)cc2)O[C@H](CO[C@@H]2O[C@H](COCc3ccccc3)[C@@H](OCc3ccccc3)[C@H](OCc3ccccc3)[C@@H]2OCc2ccccc2)[C@H]1OCc1ccccc1. The summed E-state index contributed by atoms with van der Waals surface area (Å²) in [4.78, 5) is 0. The molecule has 2 saturated heterocycles. The third-order valence-corrected chi connectivity index (χ3v) is 13.1. The summed E-state index contributed by atoms with van der Waals surface area (Å²) >= 11 is 0. The molecule has 0 aliphatic carbocycles. The van der Waals surface area contributed by atoms with E-state index in [0.29, 0.717) is 18.1 Å². The Morgan fingerprint density at radius 1 is 0.355 bits per heavy atom. The smallest absolute Gasteiger partial charge is 0.229 e. The molecule has 12 nitrogen and oxygen atoms in total. The lowest BCUT2D eigenvalue weighted by molar-refractivity contribution is -0.346. The predicted molar refractivity (Wildman–Crippen MR) is 288 cm³/mol. The summed E-state index contributed by atoms with van der Waals surface area (Å²) in [5.74, 6) is 1.22. The van der Waals surface area contributed by atoms with Gasteiger partial charge < -0.3 is 56.8 Å². The van der Waals surface area contributed by atoms with Gasteiger partial charge in [0.15, 0.2) is 6.29 Å². The molecule has 2 heterocycles. The van der Waals surface area contributed by atoms with Crippen LogP contribution in [0.2, 0.25) is 0 Å². The van der Waals surface area contributed by atoms with E-state index in [2.05, 4.69) is 6.58 Å². The first-order valence-electron chi connectivity index (χ1n) is 25.9. The van der Waals surface area contributed by atoms with Gasteiger partial charge in [-0.2, -0.15) is 0 Å². The first kappa shape index (κ1) is 54.3. The summed E-state index contributed by atoms with van der Waals surface area (Å²) < 4.78 is 81.5. The number of ether oxygens (including phenoxy) is 12. The highest BCUT2D eigenvalue weighted by Crippen LogP contribution is 2.36. The van der Waals surface area contributed by atoms with Crippen LogP contribution in [-0.2, 0) is 87.0 Å². The van der Waals surface area contributed by atoms with E-state index in [9.17, 15) is 0 Å². The topological polar surface area (TPSA) is 111 Å². The van der Waals surface area contributed by atoms with Gasteiger partial charge in [-0.25, -0.2) is 0 Å². The molecule has 0 saturated carbocycles. The van der Waals surface area contributed by atoms with E-state index in [1.54, 1.807) is 13.2 Å². The first-order chi connectivity index (χ1) is 37.6. The number of hydrogen-bond donors (Lipinski definition) is 0. The van der Waals surface area contributed by atoms with Crippen molar-refractivity contribution in [3.05, 3.63) is 252 Å². The highest BCUT2D eigenvalue weighted by Gasteiger charge is 2.52. The summed E-state index contributed by atoms with van der Waals surface area (Å²) in [5, 5.41) is 0. The third-order valence-electron chi connectivity index (χ3n) is 13.1. The fourth-order valence-electron chi connectivity index (χ4n) is 9.25. The molecule has 9 rings (SSSR count). The number of methoxy groups -OCH3 is 1. The molecular formula is C64H68O12. The van der Waals surface area contributed by atoms with Gasteiger partial charge in [-0.05, 0) is 57.6 Å². The van der Waals surface area contributed by atoms with Gasteiger partial charge >= 0.3 is 0 Å². The molecule has 0 radical (unpaired) electrons. The predicted octanol–water partition coefficient (Wildman–Crippen LogP) is 11.3. The molecule has 12 heteroatoms. The average molecular weight is 1030 g/mol. The van der Waals surface area contributed by atoms with Crippen molar-refractivity contribution < 1.29 is 56.8 Å². The molecular weight excluding hydrogens is 961 g/mol. The zero-order chi connectivity index (χ0) is 52.0. The van der Waals surface area contributed by atoms with Crippen molar-refractivity contribution in [1.82, 2.24) is 0 Å². The van der Waals surface area contributed by atoms with E-state index in [4.69, 9.17) is 56.8 Å². The van der Waals surface area contributed by atoms with Gasteiger partial charge in [-0.3, -0.25) is 0 Å². The zero-order valence-electron chi connectivity index (χ0n) is 43.0. The largest absolute Gasteiger partial charge is 0.497 e. The lowest BCUT2D eigenvalue weighted by Gasteiger charge is -2.48. The maximum absolute atomic E-state index is 7.12. The molecule has 7 aromatic carbocycles. The Morgan fingerprint density at radius 2 is 0.697 bits per heavy atom. The van der Waals surface area contributed by atoms with E-state index < -0.39 is 61.4 Å². The molecule has 2 aliphatic heterocycles. The molecule has 0 spiro atoms. The van der Waals surface area contributed by atoms with Crippen molar-refractivity contribution in [2.24, 2.45) is 0 Å². The summed E-state index contributed by atoms with van der Waals surface area (Å²) in [6, 6.07) is 67.4. The second-order valence-corrected chi connectivity index (χ2v) is 18.6. The fourth-order valence-corrected chi connectivity index (χ4v) is 9.25. The highest BCUT2D eigenvalue weighted by atomic mass is 16.8. The van der Waals surface area contributed by atoms with Crippen LogP contribution in [0.1, 0.15) is 33.4 Å². The first-order valence-corrected chi connectivity index (χ1v) is 25.9. The highest BCUT2D eigenvalue weighted by molar-refractivity contribution is 5.31. The molecule has 0 bridgehead atoms. The second-order valence-electron chi connectivity index (χ2n) is 18.6. The van der Waals surface area contributed by atoms with Gasteiger partial charge in [0.05, 0.1) is 66.6 Å². The molecule has 2 fully saturated rings. The Morgan fingerprint density at radius 3 is 1.12 bits per heavy atom.